The highest BCUT2D eigenvalue weighted by Crippen LogP contribution is 2.23. The summed E-state index contributed by atoms with van der Waals surface area (Å²) in [4.78, 5) is 17.8. The highest BCUT2D eigenvalue weighted by molar-refractivity contribution is 5.84. The molecule has 0 saturated heterocycles. The summed E-state index contributed by atoms with van der Waals surface area (Å²) in [5.41, 5.74) is 0. The quantitative estimate of drug-likeness (QED) is 0.431. The molecule has 128 valence electrons. The Labute approximate surface area is 135 Å². The lowest BCUT2D eigenvalue weighted by Gasteiger charge is -2.31. The fourth-order valence-electron chi connectivity index (χ4n) is 2.73. The van der Waals surface area contributed by atoms with Gasteiger partial charge in [0.15, 0.2) is 5.96 Å². The van der Waals surface area contributed by atoms with Crippen LogP contribution in [-0.2, 0) is 4.79 Å². The number of carbonyl (C=O) groups is 1. The van der Waals surface area contributed by atoms with E-state index in [2.05, 4.69) is 29.5 Å². The molecule has 1 fully saturated rings. The van der Waals surface area contributed by atoms with Gasteiger partial charge >= 0.3 is 0 Å². The molecule has 0 spiro atoms. The van der Waals surface area contributed by atoms with Gasteiger partial charge in [0.1, 0.15) is 6.54 Å². The SMILES string of the molecule is CCCCCNC(=NCC(=O)N(C)C)NC1CCCCC1C. The maximum atomic E-state index is 11.7. The molecule has 1 aliphatic carbocycles. The maximum absolute atomic E-state index is 11.7. The van der Waals surface area contributed by atoms with Gasteiger partial charge in [-0.3, -0.25) is 4.79 Å². The van der Waals surface area contributed by atoms with Crippen molar-refractivity contribution in [2.45, 2.75) is 64.8 Å². The Morgan fingerprint density at radius 1 is 1.23 bits per heavy atom. The zero-order chi connectivity index (χ0) is 16.4. The molecule has 0 aromatic carbocycles. The van der Waals surface area contributed by atoms with Crippen LogP contribution in [0.1, 0.15) is 58.8 Å². The molecule has 0 aliphatic heterocycles. The summed E-state index contributed by atoms with van der Waals surface area (Å²) in [6.45, 7) is 5.62. The third-order valence-corrected chi connectivity index (χ3v) is 4.38. The Balaban J connectivity index is 2.55. The normalized spacial score (nSPS) is 22.3. The first-order chi connectivity index (χ1) is 10.5. The van der Waals surface area contributed by atoms with Gasteiger partial charge in [-0.25, -0.2) is 4.99 Å². The fraction of sp³-hybridized carbons (Fsp3) is 0.882. The Morgan fingerprint density at radius 3 is 2.59 bits per heavy atom. The van der Waals surface area contributed by atoms with Gasteiger partial charge in [-0.15, -0.1) is 0 Å². The summed E-state index contributed by atoms with van der Waals surface area (Å²) in [5, 5.41) is 6.93. The van der Waals surface area contributed by atoms with Crippen molar-refractivity contribution in [3.8, 4) is 0 Å². The van der Waals surface area contributed by atoms with Crippen molar-refractivity contribution in [2.24, 2.45) is 10.9 Å². The van der Waals surface area contributed by atoms with Crippen molar-refractivity contribution in [1.29, 1.82) is 0 Å². The predicted octanol–water partition coefficient (Wildman–Crippen LogP) is 2.38. The van der Waals surface area contributed by atoms with Crippen LogP contribution >= 0.6 is 0 Å². The minimum Gasteiger partial charge on any atom is -0.356 e. The minimum atomic E-state index is 0.0337. The molecule has 0 radical (unpaired) electrons. The highest BCUT2D eigenvalue weighted by Gasteiger charge is 2.22. The largest absolute Gasteiger partial charge is 0.356 e. The van der Waals surface area contributed by atoms with E-state index in [1.165, 1.54) is 38.5 Å². The van der Waals surface area contributed by atoms with Crippen molar-refractivity contribution in [1.82, 2.24) is 15.5 Å². The number of likely N-dealkylation sites (N-methyl/N-ethyl adjacent to an activating group) is 1. The number of rotatable bonds is 7. The van der Waals surface area contributed by atoms with E-state index in [4.69, 9.17) is 0 Å². The van der Waals surface area contributed by atoms with E-state index in [1.807, 2.05) is 0 Å². The summed E-state index contributed by atoms with van der Waals surface area (Å²) < 4.78 is 0. The zero-order valence-corrected chi connectivity index (χ0v) is 14.8. The average molecular weight is 310 g/mol. The smallest absolute Gasteiger partial charge is 0.243 e. The molecule has 0 aromatic heterocycles. The molecule has 0 heterocycles. The maximum Gasteiger partial charge on any atom is 0.243 e. The number of nitrogens with zero attached hydrogens (tertiary/aromatic N) is 2. The average Bonchev–Trinajstić information content (AvgIpc) is 2.50. The van der Waals surface area contributed by atoms with Crippen molar-refractivity contribution >= 4 is 11.9 Å². The third kappa shape index (κ3) is 7.14. The van der Waals surface area contributed by atoms with E-state index in [0.29, 0.717) is 12.0 Å². The van der Waals surface area contributed by atoms with Crippen LogP contribution in [0.25, 0.3) is 0 Å². The lowest BCUT2D eigenvalue weighted by atomic mass is 9.86. The molecule has 22 heavy (non-hydrogen) atoms. The van der Waals surface area contributed by atoms with Gasteiger partial charge in [0.2, 0.25) is 5.91 Å². The van der Waals surface area contributed by atoms with E-state index in [-0.39, 0.29) is 12.5 Å². The summed E-state index contributed by atoms with van der Waals surface area (Å²) in [6.07, 6.45) is 8.64. The molecule has 1 saturated carbocycles. The molecule has 0 bridgehead atoms. The van der Waals surface area contributed by atoms with Crippen LogP contribution in [0.5, 0.6) is 0 Å². The first-order valence-corrected chi connectivity index (χ1v) is 8.79. The van der Waals surface area contributed by atoms with Crippen LogP contribution in [0, 0.1) is 5.92 Å². The fourth-order valence-corrected chi connectivity index (χ4v) is 2.73. The highest BCUT2D eigenvalue weighted by atomic mass is 16.2. The standard InChI is InChI=1S/C17H34N4O/c1-5-6-9-12-18-17(19-13-16(22)21(3)4)20-15-11-8-7-10-14(15)2/h14-15H,5-13H2,1-4H3,(H2,18,19,20). The molecule has 2 N–H and O–H groups in total. The van der Waals surface area contributed by atoms with Crippen LogP contribution in [0.2, 0.25) is 0 Å². The predicted molar refractivity (Wildman–Crippen MR) is 93.1 cm³/mol. The van der Waals surface area contributed by atoms with E-state index in [9.17, 15) is 4.79 Å². The summed E-state index contributed by atoms with van der Waals surface area (Å²) in [6, 6.07) is 0.473. The molecule has 0 aromatic rings. The third-order valence-electron chi connectivity index (χ3n) is 4.38. The van der Waals surface area contributed by atoms with Gasteiger partial charge in [0, 0.05) is 26.7 Å². The second kappa shape index (κ2) is 10.5. The lowest BCUT2D eigenvalue weighted by Crippen LogP contribution is -2.47. The van der Waals surface area contributed by atoms with E-state index < -0.39 is 0 Å². The number of guanidine groups is 1. The molecule has 5 heteroatoms. The second-order valence-corrected chi connectivity index (χ2v) is 6.60. The number of hydrogen-bond acceptors (Lipinski definition) is 2. The minimum absolute atomic E-state index is 0.0337. The van der Waals surface area contributed by atoms with Crippen molar-refractivity contribution in [3.05, 3.63) is 0 Å². The molecular formula is C17H34N4O. The molecule has 1 rings (SSSR count). The summed E-state index contributed by atoms with van der Waals surface area (Å²) in [7, 11) is 3.53. The Morgan fingerprint density at radius 2 is 1.95 bits per heavy atom. The zero-order valence-electron chi connectivity index (χ0n) is 14.8. The molecule has 5 nitrogen and oxygen atoms in total. The first kappa shape index (κ1) is 18.8. The molecular weight excluding hydrogens is 276 g/mol. The molecule has 2 unspecified atom stereocenters. The Bertz CT molecular complexity index is 355. The Kier molecular flexibility index (Phi) is 8.94. The van der Waals surface area contributed by atoms with Gasteiger partial charge < -0.3 is 15.5 Å². The lowest BCUT2D eigenvalue weighted by molar-refractivity contribution is -0.127. The topological polar surface area (TPSA) is 56.7 Å². The Hall–Kier alpha value is -1.26. The van der Waals surface area contributed by atoms with Crippen LogP contribution in [0.15, 0.2) is 4.99 Å². The van der Waals surface area contributed by atoms with Gasteiger partial charge in [-0.1, -0.05) is 39.5 Å². The number of hydrogen-bond donors (Lipinski definition) is 2. The number of unbranched alkanes of at least 4 members (excludes halogenated alkanes) is 2. The number of carbonyl (C=O) groups excluding carboxylic acids is 1. The second-order valence-electron chi connectivity index (χ2n) is 6.60. The van der Waals surface area contributed by atoms with Crippen molar-refractivity contribution < 1.29 is 4.79 Å². The monoisotopic (exact) mass is 310 g/mol. The van der Waals surface area contributed by atoms with Gasteiger partial charge in [0.25, 0.3) is 0 Å². The summed E-state index contributed by atoms with van der Waals surface area (Å²) >= 11 is 0. The van der Waals surface area contributed by atoms with Crippen LogP contribution < -0.4 is 10.6 Å². The van der Waals surface area contributed by atoms with E-state index >= 15 is 0 Å². The van der Waals surface area contributed by atoms with E-state index in [1.54, 1.807) is 19.0 Å². The number of nitrogens with one attached hydrogen (secondary N) is 2. The van der Waals surface area contributed by atoms with Crippen LogP contribution in [0.4, 0.5) is 0 Å². The molecule has 1 amide bonds. The summed E-state index contributed by atoms with van der Waals surface area (Å²) in [5.74, 6) is 1.50. The van der Waals surface area contributed by atoms with Gasteiger partial charge in [0.05, 0.1) is 0 Å². The van der Waals surface area contributed by atoms with Crippen molar-refractivity contribution in [3.63, 3.8) is 0 Å². The van der Waals surface area contributed by atoms with Crippen LogP contribution in [0.3, 0.4) is 0 Å². The van der Waals surface area contributed by atoms with Crippen molar-refractivity contribution in [2.75, 3.05) is 27.2 Å². The molecule has 1 aliphatic rings. The number of aliphatic imine (C=N–C) groups is 1. The van der Waals surface area contributed by atoms with Crippen LogP contribution in [-0.4, -0.2) is 50.0 Å². The van der Waals surface area contributed by atoms with E-state index in [0.717, 1.165) is 18.9 Å². The first-order valence-electron chi connectivity index (χ1n) is 8.79. The number of amides is 1. The molecule has 2 atom stereocenters. The van der Waals surface area contributed by atoms with Gasteiger partial charge in [-0.05, 0) is 25.2 Å². The van der Waals surface area contributed by atoms with Gasteiger partial charge in [-0.2, -0.15) is 0 Å².